The standard InChI is InChI=1S/C42H42FN7O3S.C2H6/c1-24(43)20-44-23-38-45-21-30(47-38)25-12-14-32-28(16-25)17-34-29-13-11-26(18-35(29)52-40(50(32)34)37-19-27-8-5-6-10-36(27)54-37)31-22-46-39(48-31)33-9-7-15-49(33)41(51)53-42(2,3)4;1-2/h5-6,8,10-14,16-19,21-22,24,33,40,44H,7,9,15,20,23H2,1-4H3,(H,45,47)(H,46,48);1-2H3. The van der Waals surface area contributed by atoms with E-state index < -0.39 is 11.8 Å². The Kier molecular flexibility index (Phi) is 10.2. The molecular weight excluding hydrogens is 726 g/mol. The van der Waals surface area contributed by atoms with Crippen molar-refractivity contribution in [3.8, 4) is 39.5 Å². The van der Waals surface area contributed by atoms with Gasteiger partial charge in [0.1, 0.15) is 29.2 Å². The molecule has 4 aromatic heterocycles. The Bertz CT molecular complexity index is 2470. The number of aromatic nitrogens is 5. The fraction of sp³-hybridized carbons (Fsp3) is 0.341. The van der Waals surface area contributed by atoms with Crippen molar-refractivity contribution in [2.45, 2.75) is 85.0 Å². The second-order valence-electron chi connectivity index (χ2n) is 15.2. The average molecular weight is 774 g/mol. The highest BCUT2D eigenvalue weighted by molar-refractivity contribution is 7.19. The summed E-state index contributed by atoms with van der Waals surface area (Å²) in [5, 5.41) is 5.37. The van der Waals surface area contributed by atoms with Crippen LogP contribution in [0.15, 0.2) is 85.2 Å². The van der Waals surface area contributed by atoms with Gasteiger partial charge in [-0.2, -0.15) is 0 Å². The van der Waals surface area contributed by atoms with Gasteiger partial charge in [-0.1, -0.05) is 44.2 Å². The van der Waals surface area contributed by atoms with Crippen LogP contribution in [0.25, 0.3) is 54.8 Å². The van der Waals surface area contributed by atoms with E-state index in [1.807, 2.05) is 47.0 Å². The first-order chi connectivity index (χ1) is 27.1. The Morgan fingerprint density at radius 3 is 2.57 bits per heavy atom. The van der Waals surface area contributed by atoms with Crippen LogP contribution in [0.2, 0.25) is 0 Å². The molecule has 290 valence electrons. The van der Waals surface area contributed by atoms with Crippen LogP contribution < -0.4 is 10.1 Å². The van der Waals surface area contributed by atoms with Crippen molar-refractivity contribution < 1.29 is 18.7 Å². The van der Waals surface area contributed by atoms with Gasteiger partial charge in [0.25, 0.3) is 0 Å². The first kappa shape index (κ1) is 37.5. The van der Waals surface area contributed by atoms with Gasteiger partial charge >= 0.3 is 6.09 Å². The molecule has 0 spiro atoms. The Morgan fingerprint density at radius 1 is 1.00 bits per heavy atom. The van der Waals surface area contributed by atoms with Crippen LogP contribution in [-0.2, 0) is 11.3 Å². The van der Waals surface area contributed by atoms with Crippen molar-refractivity contribution in [3.63, 3.8) is 0 Å². The van der Waals surface area contributed by atoms with E-state index in [0.717, 1.165) is 79.8 Å². The predicted molar refractivity (Wildman–Crippen MR) is 222 cm³/mol. The minimum Gasteiger partial charge on any atom is -0.464 e. The van der Waals surface area contributed by atoms with Crippen LogP contribution in [0, 0.1) is 0 Å². The number of nitrogens with one attached hydrogen (secondary N) is 3. The number of amides is 1. The van der Waals surface area contributed by atoms with E-state index in [4.69, 9.17) is 14.5 Å². The molecule has 3 aromatic carbocycles. The normalized spacial score (nSPS) is 16.9. The molecule has 0 bridgehead atoms. The highest BCUT2D eigenvalue weighted by Crippen LogP contribution is 2.47. The third kappa shape index (κ3) is 7.31. The molecule has 9 rings (SSSR count). The van der Waals surface area contributed by atoms with E-state index in [0.29, 0.717) is 13.1 Å². The van der Waals surface area contributed by atoms with Gasteiger partial charge in [0.15, 0.2) is 0 Å². The van der Waals surface area contributed by atoms with E-state index in [2.05, 4.69) is 97.6 Å². The Labute approximate surface area is 330 Å². The van der Waals surface area contributed by atoms with Gasteiger partial charge in [-0.05, 0) is 88.4 Å². The molecule has 3 atom stereocenters. The number of thiophene rings is 1. The number of imidazole rings is 2. The van der Waals surface area contributed by atoms with Crippen LogP contribution in [0.4, 0.5) is 9.18 Å². The maximum absolute atomic E-state index is 13.3. The number of benzene rings is 3. The molecule has 0 radical (unpaired) electrons. The number of halogens is 1. The lowest BCUT2D eigenvalue weighted by atomic mass is 10.0. The van der Waals surface area contributed by atoms with Crippen LogP contribution in [0.1, 0.15) is 83.2 Å². The molecule has 3 unspecified atom stereocenters. The topological polar surface area (TPSA) is 113 Å². The maximum atomic E-state index is 13.3. The average Bonchev–Trinajstić information content (AvgIpc) is 4.03. The predicted octanol–water partition coefficient (Wildman–Crippen LogP) is 10.8. The molecular formula is C44H48FN7O3S. The van der Waals surface area contributed by atoms with E-state index in [-0.39, 0.29) is 24.9 Å². The highest BCUT2D eigenvalue weighted by Gasteiger charge is 2.35. The number of alkyl halides is 1. The van der Waals surface area contributed by atoms with Crippen molar-refractivity contribution in [2.24, 2.45) is 0 Å². The number of carbonyl (C=O) groups is 1. The minimum atomic E-state index is -0.918. The van der Waals surface area contributed by atoms with Crippen LogP contribution in [0.5, 0.6) is 5.75 Å². The number of hydrogen-bond acceptors (Lipinski definition) is 7. The lowest BCUT2D eigenvalue weighted by Gasteiger charge is -2.29. The summed E-state index contributed by atoms with van der Waals surface area (Å²) in [6.45, 7) is 12.6. The quantitative estimate of drug-likeness (QED) is 0.142. The lowest BCUT2D eigenvalue weighted by molar-refractivity contribution is 0.0218. The number of hydrogen-bond donors (Lipinski definition) is 3. The Hall–Kier alpha value is -5.46. The summed E-state index contributed by atoms with van der Waals surface area (Å²) in [5.74, 6) is 2.30. The molecule has 1 fully saturated rings. The second-order valence-corrected chi connectivity index (χ2v) is 16.3. The molecule has 7 aromatic rings. The monoisotopic (exact) mass is 773 g/mol. The molecule has 0 aliphatic carbocycles. The molecule has 56 heavy (non-hydrogen) atoms. The van der Waals surface area contributed by atoms with Gasteiger partial charge in [-0.3, -0.25) is 9.47 Å². The second kappa shape index (κ2) is 15.2. The largest absolute Gasteiger partial charge is 0.464 e. The summed E-state index contributed by atoms with van der Waals surface area (Å²) < 4.78 is 29.5. The number of H-pyrrole nitrogens is 2. The van der Waals surface area contributed by atoms with Gasteiger partial charge < -0.3 is 24.8 Å². The smallest absolute Gasteiger partial charge is 0.410 e. The molecule has 6 heterocycles. The molecule has 10 nitrogen and oxygen atoms in total. The lowest BCUT2D eigenvalue weighted by Crippen LogP contribution is -2.36. The van der Waals surface area contributed by atoms with Gasteiger partial charge in [0, 0.05) is 39.9 Å². The zero-order chi connectivity index (χ0) is 39.1. The SMILES string of the molecule is CC.CC(F)CNCc1ncc(-c2ccc3c(c2)cc2n3C(c3cc4ccccc4s3)Oc3cc(-c4cnc(C5CCCN5C(=O)OC(C)(C)C)[nH]4)ccc3-2)[nH]1. The molecule has 2 aliphatic heterocycles. The molecule has 1 amide bonds. The minimum absolute atomic E-state index is 0.171. The number of carbonyl (C=O) groups excluding carboxylic acids is 1. The molecule has 1 saturated heterocycles. The molecule has 12 heteroatoms. The van der Waals surface area contributed by atoms with Crippen molar-refractivity contribution in [1.82, 2.24) is 34.7 Å². The van der Waals surface area contributed by atoms with Crippen molar-refractivity contribution >= 4 is 38.4 Å². The third-order valence-corrected chi connectivity index (χ3v) is 11.2. The molecule has 0 saturated carbocycles. The summed E-state index contributed by atoms with van der Waals surface area (Å²) in [4.78, 5) is 32.1. The molecule has 3 N–H and O–H groups in total. The van der Waals surface area contributed by atoms with Crippen molar-refractivity contribution in [1.29, 1.82) is 0 Å². The fourth-order valence-electron chi connectivity index (χ4n) is 7.58. The third-order valence-electron chi connectivity index (χ3n) is 10.0. The fourth-order valence-corrected chi connectivity index (χ4v) is 8.66. The number of aromatic amines is 2. The van der Waals surface area contributed by atoms with Gasteiger partial charge in [0.05, 0.1) is 52.5 Å². The summed E-state index contributed by atoms with van der Waals surface area (Å²) in [6, 6.07) is 25.5. The number of ether oxygens (including phenoxy) is 2. The number of fused-ring (bicyclic) bond motifs is 6. The summed E-state index contributed by atoms with van der Waals surface area (Å²) in [5.41, 5.74) is 6.28. The van der Waals surface area contributed by atoms with Gasteiger partial charge in [0.2, 0.25) is 6.23 Å². The van der Waals surface area contributed by atoms with E-state index in [1.165, 1.54) is 17.0 Å². The van der Waals surface area contributed by atoms with E-state index in [9.17, 15) is 9.18 Å². The van der Waals surface area contributed by atoms with Gasteiger partial charge in [-0.15, -0.1) is 11.3 Å². The highest BCUT2D eigenvalue weighted by atomic mass is 32.1. The summed E-state index contributed by atoms with van der Waals surface area (Å²) in [6.07, 6.45) is 3.76. The first-order valence-corrected chi connectivity index (χ1v) is 20.3. The van der Waals surface area contributed by atoms with Crippen LogP contribution in [0.3, 0.4) is 0 Å². The van der Waals surface area contributed by atoms with Crippen LogP contribution >= 0.6 is 11.3 Å². The van der Waals surface area contributed by atoms with Gasteiger partial charge in [-0.25, -0.2) is 19.2 Å². The zero-order valence-electron chi connectivity index (χ0n) is 32.7. The number of likely N-dealkylation sites (tertiary alicyclic amines) is 1. The summed E-state index contributed by atoms with van der Waals surface area (Å²) >= 11 is 1.74. The molecule has 2 aliphatic rings. The first-order valence-electron chi connectivity index (χ1n) is 19.5. The Morgan fingerprint density at radius 2 is 1.77 bits per heavy atom. The number of rotatable bonds is 8. The van der Waals surface area contributed by atoms with E-state index >= 15 is 0 Å². The van der Waals surface area contributed by atoms with Crippen molar-refractivity contribution in [3.05, 3.63) is 102 Å². The maximum Gasteiger partial charge on any atom is 0.410 e. The van der Waals surface area contributed by atoms with Crippen molar-refractivity contribution in [2.75, 3.05) is 13.1 Å². The number of nitrogens with zero attached hydrogens (tertiary/aromatic N) is 4. The van der Waals surface area contributed by atoms with E-state index in [1.54, 1.807) is 16.2 Å². The summed E-state index contributed by atoms with van der Waals surface area (Å²) in [7, 11) is 0. The zero-order valence-corrected chi connectivity index (χ0v) is 33.5. The Balaban J connectivity index is 0.00000217. The van der Waals surface area contributed by atoms with Crippen LogP contribution in [-0.4, -0.2) is 60.4 Å².